The van der Waals surface area contributed by atoms with Gasteiger partial charge >= 0.3 is 21.4 Å². The second-order valence-electron chi connectivity index (χ2n) is 17.9. The number of nitrogens with zero attached hydrogens (tertiary/aromatic N) is 15. The minimum absolute atomic E-state index is 0.382. The minimum Gasteiger partial charge on any atom is -0.372 e. The molecule has 30 heteroatoms. The van der Waals surface area contributed by atoms with E-state index < -0.39 is 0 Å². The molecular formula is C24H72B15N15. The van der Waals surface area contributed by atoms with Crippen molar-refractivity contribution in [1.29, 1.82) is 0 Å². The molecule has 0 aromatic heterocycles. The predicted octanol–water partition coefficient (Wildman–Crippen LogP) is -1.50. The molecular weight excluding hydrogens is 661 g/mol. The van der Waals surface area contributed by atoms with Crippen LogP contribution in [-0.4, -0.2) is 260 Å². The average molecular weight is 733 g/mol. The van der Waals surface area contributed by atoms with E-state index in [1.165, 1.54) is 0 Å². The fourth-order valence-electron chi connectivity index (χ4n) is 10.2. The number of rotatable bonds is 0. The molecule has 0 N–H and O–H groups in total. The summed E-state index contributed by atoms with van der Waals surface area (Å²) in [5.74, 6) is 0. The molecule has 0 unspecified atom stereocenters. The van der Waals surface area contributed by atoms with Gasteiger partial charge in [0.15, 0.2) is 0 Å². The fraction of sp³-hybridized carbons (Fsp3) is 1.00. The second kappa shape index (κ2) is 17.9. The van der Waals surface area contributed by atoms with Crippen molar-refractivity contribution in [3.8, 4) is 0 Å². The maximum Gasteiger partial charge on any atom is 0.361 e. The van der Waals surface area contributed by atoms with Crippen LogP contribution in [0, 0.1) is 0 Å². The van der Waals surface area contributed by atoms with Crippen molar-refractivity contribution < 1.29 is 0 Å². The molecule has 0 aliphatic carbocycles. The van der Waals surface area contributed by atoms with Gasteiger partial charge in [-0.15, -0.1) is 0 Å². The first-order chi connectivity index (χ1) is 24.9. The summed E-state index contributed by atoms with van der Waals surface area (Å²) in [6.45, 7) is 33.1. The lowest BCUT2D eigenvalue weighted by atomic mass is 9.36. The molecule has 0 aromatic rings. The maximum absolute atomic E-state index is 2.58. The first kappa shape index (κ1) is 47.1. The van der Waals surface area contributed by atoms with E-state index in [1.807, 2.05) is 0 Å². The third-order valence-corrected chi connectivity index (χ3v) is 16.2. The van der Waals surface area contributed by atoms with Gasteiger partial charge in [-0.3, -0.25) is 0 Å². The van der Waals surface area contributed by atoms with Crippen molar-refractivity contribution in [1.82, 2.24) is 70.6 Å². The Morgan fingerprint density at radius 1 is 0.167 bits per heavy atom. The van der Waals surface area contributed by atoms with Gasteiger partial charge in [0, 0.05) is 0 Å². The zero-order valence-corrected chi connectivity index (χ0v) is 39.4. The summed E-state index contributed by atoms with van der Waals surface area (Å²) in [6.07, 6.45) is 0. The van der Waals surface area contributed by atoms with E-state index >= 15 is 0 Å². The number of fused-ring (bicyclic) bond motifs is 3. The summed E-state index contributed by atoms with van der Waals surface area (Å²) >= 11 is 0. The monoisotopic (exact) mass is 736 g/mol. The Balaban J connectivity index is 0.000000180. The van der Waals surface area contributed by atoms with Crippen LogP contribution in [0.15, 0.2) is 0 Å². The Morgan fingerprint density at radius 3 is 0.389 bits per heavy atom. The number of hydrogen-bond donors (Lipinski definition) is 0. The Bertz CT molecular complexity index is 935. The molecule has 0 radical (unpaired) electrons. The molecule has 0 amide bonds. The zero-order chi connectivity index (χ0) is 41.3. The van der Waals surface area contributed by atoms with Gasteiger partial charge < -0.3 is 70.6 Å². The van der Waals surface area contributed by atoms with Crippen LogP contribution >= 0.6 is 0 Å². The Kier molecular flexibility index (Phi) is 15.6. The van der Waals surface area contributed by atoms with Crippen LogP contribution < -0.4 is 0 Å². The van der Waals surface area contributed by atoms with Gasteiger partial charge in [0.2, 0.25) is 0 Å². The molecule has 15 nitrogen and oxygen atoms in total. The van der Waals surface area contributed by atoms with Crippen LogP contribution in [0.3, 0.4) is 0 Å². The zero-order valence-electron chi connectivity index (χ0n) is 39.4. The van der Waals surface area contributed by atoms with Gasteiger partial charge in [0.05, 0.1) is 0 Å². The summed E-state index contributed by atoms with van der Waals surface area (Å²) in [4.78, 5) is 0. The lowest BCUT2D eigenvalue weighted by Gasteiger charge is -2.60. The molecule has 6 aliphatic rings. The highest BCUT2D eigenvalue weighted by Gasteiger charge is 2.58. The fourth-order valence-corrected chi connectivity index (χ4v) is 10.2. The van der Waals surface area contributed by atoms with E-state index in [0.717, 1.165) is 0 Å². The molecule has 6 heterocycles. The highest BCUT2D eigenvalue weighted by Crippen LogP contribution is 2.28. The topological polar surface area (TPSA) is 48.6 Å². The van der Waals surface area contributed by atoms with Crippen LogP contribution in [0.2, 0.25) is 81.9 Å². The molecule has 54 heavy (non-hydrogen) atoms. The van der Waals surface area contributed by atoms with Crippen LogP contribution in [0.5, 0.6) is 0 Å². The molecule has 6 fully saturated rings. The summed E-state index contributed by atoms with van der Waals surface area (Å²) in [5.41, 5.74) is 0. The standard InChI is InChI=1S/3C8H24B5N5/c3*1-9-14(5)11(3)18-12(4)15(6)10(2)17(8)13(18)16(9)7/h3*1-8H3. The maximum atomic E-state index is 2.58. The highest BCUT2D eigenvalue weighted by molar-refractivity contribution is 7.00. The molecule has 0 saturated carbocycles. The predicted molar refractivity (Wildman–Crippen MR) is 255 cm³/mol. The minimum atomic E-state index is 0.382. The Labute approximate surface area is 341 Å². The SMILES string of the molecule is CB1N(C)B(C)N2B(C)N(C)B(C)N(C)B2N1C.CB1N(C)B(C)N2B(C)N(C)B(C)N(C)B2N1C.CB1N(C)B(C)N2B(C)N(C)B(C)N(C)B2N1C. The van der Waals surface area contributed by atoms with Crippen LogP contribution in [-0.2, 0) is 0 Å². The quantitative estimate of drug-likeness (QED) is 0.272. The Morgan fingerprint density at radius 2 is 0.278 bits per heavy atom. The molecule has 6 aliphatic heterocycles. The van der Waals surface area contributed by atoms with Crippen molar-refractivity contribution in [2.75, 3.05) is 84.6 Å². The molecule has 6 saturated heterocycles. The lowest BCUT2D eigenvalue weighted by Crippen LogP contribution is -2.87. The molecule has 0 aromatic carbocycles. The van der Waals surface area contributed by atoms with Crippen molar-refractivity contribution in [2.45, 2.75) is 81.9 Å². The third kappa shape index (κ3) is 7.89. The normalized spacial score (nSPS) is 26.3. The van der Waals surface area contributed by atoms with Crippen LogP contribution in [0.25, 0.3) is 0 Å². The van der Waals surface area contributed by atoms with Crippen molar-refractivity contribution in [2.24, 2.45) is 0 Å². The number of hydrogen-bond acceptors (Lipinski definition) is 15. The first-order valence-electron chi connectivity index (χ1n) is 20.8. The van der Waals surface area contributed by atoms with E-state index in [9.17, 15) is 0 Å². The smallest absolute Gasteiger partial charge is 0.361 e. The third-order valence-electron chi connectivity index (χ3n) is 16.2. The molecule has 0 atom stereocenters. The second-order valence-corrected chi connectivity index (χ2v) is 17.9. The molecule has 288 valence electrons. The van der Waals surface area contributed by atoms with Crippen molar-refractivity contribution in [3.05, 3.63) is 0 Å². The van der Waals surface area contributed by atoms with Crippen molar-refractivity contribution >= 4 is 105 Å². The average Bonchev–Trinajstić information content (AvgIpc) is 3.14. The van der Waals surface area contributed by atoms with Gasteiger partial charge in [-0.1, -0.05) is 81.9 Å². The summed E-state index contributed by atoms with van der Waals surface area (Å²) in [7, 11) is 27.8. The highest BCUT2D eigenvalue weighted by atomic mass is 15.4. The first-order valence-corrected chi connectivity index (χ1v) is 20.8. The van der Waals surface area contributed by atoms with Gasteiger partial charge in [0.25, 0.3) is 83.8 Å². The molecule has 0 bridgehead atoms. The van der Waals surface area contributed by atoms with Crippen LogP contribution in [0.4, 0.5) is 0 Å². The van der Waals surface area contributed by atoms with Crippen molar-refractivity contribution in [3.63, 3.8) is 0 Å². The van der Waals surface area contributed by atoms with Gasteiger partial charge in [-0.25, -0.2) is 0 Å². The summed E-state index contributed by atoms with van der Waals surface area (Å²) in [6, 6.07) is 0. The van der Waals surface area contributed by atoms with E-state index in [2.05, 4.69) is 237 Å². The van der Waals surface area contributed by atoms with E-state index in [-0.39, 0.29) is 0 Å². The summed E-state index contributed by atoms with van der Waals surface area (Å²) in [5, 5.41) is 0. The van der Waals surface area contributed by atoms with Gasteiger partial charge in [0.1, 0.15) is 0 Å². The van der Waals surface area contributed by atoms with E-state index in [4.69, 9.17) is 0 Å². The lowest BCUT2D eigenvalue weighted by molar-refractivity contribution is 0.477. The van der Waals surface area contributed by atoms with Gasteiger partial charge in [-0.2, -0.15) is 0 Å². The van der Waals surface area contributed by atoms with E-state index in [0.29, 0.717) is 105 Å². The molecule has 6 rings (SSSR count). The Hall–Kier alpha value is 0.374. The summed E-state index contributed by atoms with van der Waals surface area (Å²) < 4.78 is 37.1. The van der Waals surface area contributed by atoms with Gasteiger partial charge in [-0.05, 0) is 84.6 Å². The molecule has 0 spiro atoms. The van der Waals surface area contributed by atoms with Crippen LogP contribution in [0.1, 0.15) is 0 Å². The van der Waals surface area contributed by atoms with E-state index in [1.54, 1.807) is 0 Å². The largest absolute Gasteiger partial charge is 0.372 e.